The molecule has 3 nitrogen and oxygen atoms in total. The molecule has 0 saturated carbocycles. The first kappa shape index (κ1) is 15.8. The number of benzene rings is 1. The summed E-state index contributed by atoms with van der Waals surface area (Å²) in [4.78, 5) is 14.1. The van der Waals surface area contributed by atoms with E-state index in [-0.39, 0.29) is 18.3 Å². The summed E-state index contributed by atoms with van der Waals surface area (Å²) in [6.45, 7) is 6.24. The lowest BCUT2D eigenvalue weighted by atomic mass is 10.0. The molecule has 1 aliphatic heterocycles. The van der Waals surface area contributed by atoms with Crippen molar-refractivity contribution in [1.29, 1.82) is 0 Å². The van der Waals surface area contributed by atoms with Crippen LogP contribution in [0, 0.1) is 11.8 Å². The van der Waals surface area contributed by atoms with Gasteiger partial charge in [0.15, 0.2) is 0 Å². The van der Waals surface area contributed by atoms with Gasteiger partial charge in [0.2, 0.25) is 5.91 Å². The van der Waals surface area contributed by atoms with Crippen LogP contribution in [-0.4, -0.2) is 23.9 Å². The SMILES string of the molecule is CC1CN(C(=O)CCc2ccccc2N)CC1C.Cl. The second-order valence-corrected chi connectivity index (χ2v) is 5.45. The van der Waals surface area contributed by atoms with E-state index in [1.807, 2.05) is 29.2 Å². The van der Waals surface area contributed by atoms with Crippen molar-refractivity contribution < 1.29 is 4.79 Å². The highest BCUT2D eigenvalue weighted by Gasteiger charge is 2.28. The van der Waals surface area contributed by atoms with Gasteiger partial charge >= 0.3 is 0 Å². The minimum Gasteiger partial charge on any atom is -0.399 e. The first-order chi connectivity index (χ1) is 8.58. The zero-order valence-electron chi connectivity index (χ0n) is 11.6. The molecule has 1 aliphatic rings. The molecule has 1 aromatic rings. The number of nitrogen functional groups attached to an aromatic ring is 1. The summed E-state index contributed by atoms with van der Waals surface area (Å²) >= 11 is 0. The fraction of sp³-hybridized carbons (Fsp3) is 0.533. The van der Waals surface area contributed by atoms with Gasteiger partial charge in [-0.05, 0) is 29.9 Å². The summed E-state index contributed by atoms with van der Waals surface area (Å²) in [5.74, 6) is 1.50. The first-order valence-corrected chi connectivity index (χ1v) is 6.69. The van der Waals surface area contributed by atoms with E-state index in [9.17, 15) is 4.79 Å². The number of aryl methyl sites for hydroxylation is 1. The molecule has 1 saturated heterocycles. The molecule has 0 spiro atoms. The largest absolute Gasteiger partial charge is 0.399 e. The van der Waals surface area contributed by atoms with E-state index in [1.54, 1.807) is 0 Å². The smallest absolute Gasteiger partial charge is 0.222 e. The first-order valence-electron chi connectivity index (χ1n) is 6.69. The minimum atomic E-state index is 0. The standard InChI is InChI=1S/C15H22N2O.ClH/c1-11-9-17(10-12(11)2)15(18)8-7-13-5-3-4-6-14(13)16;/h3-6,11-12H,7-10,16H2,1-2H3;1H. The van der Waals surface area contributed by atoms with Gasteiger partial charge in [0.25, 0.3) is 0 Å². The molecule has 1 aromatic carbocycles. The third kappa shape index (κ3) is 3.87. The van der Waals surface area contributed by atoms with Crippen LogP contribution in [0.1, 0.15) is 25.8 Å². The number of carbonyl (C=O) groups is 1. The number of nitrogens with zero attached hydrogens (tertiary/aromatic N) is 1. The Bertz CT molecular complexity index is 426. The lowest BCUT2D eigenvalue weighted by Gasteiger charge is -2.16. The summed E-state index contributed by atoms with van der Waals surface area (Å²) in [6.07, 6.45) is 1.30. The molecular formula is C15H23ClN2O. The number of amides is 1. The number of rotatable bonds is 3. The minimum absolute atomic E-state index is 0. The van der Waals surface area contributed by atoms with Gasteiger partial charge in [-0.25, -0.2) is 0 Å². The van der Waals surface area contributed by atoms with E-state index >= 15 is 0 Å². The molecule has 1 fully saturated rings. The molecule has 2 unspecified atom stereocenters. The van der Waals surface area contributed by atoms with Crippen LogP contribution in [0.5, 0.6) is 0 Å². The quantitative estimate of drug-likeness (QED) is 0.867. The van der Waals surface area contributed by atoms with Gasteiger partial charge in [0.1, 0.15) is 0 Å². The van der Waals surface area contributed by atoms with E-state index in [0.29, 0.717) is 18.3 Å². The number of hydrogen-bond donors (Lipinski definition) is 1. The maximum Gasteiger partial charge on any atom is 0.222 e. The predicted octanol–water partition coefficient (Wildman–Crippen LogP) is 2.74. The van der Waals surface area contributed by atoms with Gasteiger partial charge in [0.05, 0.1) is 0 Å². The van der Waals surface area contributed by atoms with Gasteiger partial charge in [-0.1, -0.05) is 32.0 Å². The average Bonchev–Trinajstić information content (AvgIpc) is 2.68. The second-order valence-electron chi connectivity index (χ2n) is 5.45. The number of carbonyl (C=O) groups excluding carboxylic acids is 1. The highest BCUT2D eigenvalue weighted by atomic mass is 35.5. The van der Waals surface area contributed by atoms with Crippen LogP contribution >= 0.6 is 12.4 Å². The number of para-hydroxylation sites is 1. The highest BCUT2D eigenvalue weighted by molar-refractivity contribution is 5.85. The van der Waals surface area contributed by atoms with Crippen molar-refractivity contribution in [1.82, 2.24) is 4.90 Å². The lowest BCUT2D eigenvalue weighted by molar-refractivity contribution is -0.130. The number of anilines is 1. The zero-order valence-corrected chi connectivity index (χ0v) is 12.5. The van der Waals surface area contributed by atoms with Crippen molar-refractivity contribution >= 4 is 24.0 Å². The lowest BCUT2D eigenvalue weighted by Crippen LogP contribution is -2.29. The summed E-state index contributed by atoms with van der Waals surface area (Å²) in [6, 6.07) is 7.78. The van der Waals surface area contributed by atoms with E-state index in [4.69, 9.17) is 5.73 Å². The molecule has 0 radical (unpaired) electrons. The van der Waals surface area contributed by atoms with Crippen LogP contribution in [0.3, 0.4) is 0 Å². The zero-order chi connectivity index (χ0) is 13.1. The Balaban J connectivity index is 0.00000180. The molecule has 2 rings (SSSR count). The van der Waals surface area contributed by atoms with Crippen molar-refractivity contribution in [2.24, 2.45) is 11.8 Å². The van der Waals surface area contributed by atoms with Crippen molar-refractivity contribution in [2.75, 3.05) is 18.8 Å². The van der Waals surface area contributed by atoms with Crippen LogP contribution in [0.15, 0.2) is 24.3 Å². The topological polar surface area (TPSA) is 46.3 Å². The van der Waals surface area contributed by atoms with Gasteiger partial charge in [0, 0.05) is 25.2 Å². The molecule has 4 heteroatoms. The van der Waals surface area contributed by atoms with E-state index in [2.05, 4.69) is 13.8 Å². The summed E-state index contributed by atoms with van der Waals surface area (Å²) in [5, 5.41) is 0. The van der Waals surface area contributed by atoms with Crippen molar-refractivity contribution in [2.45, 2.75) is 26.7 Å². The van der Waals surface area contributed by atoms with Gasteiger partial charge in [-0.3, -0.25) is 4.79 Å². The van der Waals surface area contributed by atoms with Crippen LogP contribution in [0.25, 0.3) is 0 Å². The molecule has 106 valence electrons. The highest BCUT2D eigenvalue weighted by Crippen LogP contribution is 2.23. The van der Waals surface area contributed by atoms with E-state index in [1.165, 1.54) is 0 Å². The van der Waals surface area contributed by atoms with Gasteiger partial charge < -0.3 is 10.6 Å². The molecule has 0 aliphatic carbocycles. The molecule has 19 heavy (non-hydrogen) atoms. The number of nitrogens with two attached hydrogens (primary N) is 1. The van der Waals surface area contributed by atoms with E-state index < -0.39 is 0 Å². The maximum atomic E-state index is 12.1. The van der Waals surface area contributed by atoms with Crippen molar-refractivity contribution in [3.63, 3.8) is 0 Å². The normalized spacial score (nSPS) is 22.1. The number of hydrogen-bond acceptors (Lipinski definition) is 2. The average molecular weight is 283 g/mol. The Kier molecular flexibility index (Phi) is 5.67. The molecule has 2 atom stereocenters. The Morgan fingerprint density at radius 2 is 1.84 bits per heavy atom. The van der Waals surface area contributed by atoms with E-state index in [0.717, 1.165) is 30.8 Å². The molecule has 2 N–H and O–H groups in total. The number of halogens is 1. The number of likely N-dealkylation sites (tertiary alicyclic amines) is 1. The molecule has 0 bridgehead atoms. The van der Waals surface area contributed by atoms with Crippen LogP contribution in [0.2, 0.25) is 0 Å². The summed E-state index contributed by atoms with van der Waals surface area (Å²) in [7, 11) is 0. The van der Waals surface area contributed by atoms with Gasteiger partial charge in [-0.15, -0.1) is 12.4 Å². The maximum absolute atomic E-state index is 12.1. The van der Waals surface area contributed by atoms with Gasteiger partial charge in [-0.2, -0.15) is 0 Å². The Labute approximate surface area is 121 Å². The Morgan fingerprint density at radius 1 is 1.26 bits per heavy atom. The Hall–Kier alpha value is -1.22. The molecule has 1 amide bonds. The van der Waals surface area contributed by atoms with Crippen molar-refractivity contribution in [3.05, 3.63) is 29.8 Å². The molecule has 1 heterocycles. The van der Waals surface area contributed by atoms with Crippen LogP contribution < -0.4 is 5.73 Å². The third-order valence-corrected chi connectivity index (χ3v) is 4.00. The fourth-order valence-electron chi connectivity index (χ4n) is 2.49. The monoisotopic (exact) mass is 282 g/mol. The molecular weight excluding hydrogens is 260 g/mol. The Morgan fingerprint density at radius 3 is 2.42 bits per heavy atom. The fourth-order valence-corrected chi connectivity index (χ4v) is 2.49. The summed E-state index contributed by atoms with van der Waals surface area (Å²) < 4.78 is 0. The predicted molar refractivity (Wildman–Crippen MR) is 81.3 cm³/mol. The third-order valence-electron chi connectivity index (χ3n) is 4.00. The summed E-state index contributed by atoms with van der Waals surface area (Å²) in [5.41, 5.74) is 7.74. The van der Waals surface area contributed by atoms with Crippen LogP contribution in [0.4, 0.5) is 5.69 Å². The van der Waals surface area contributed by atoms with Crippen LogP contribution in [-0.2, 0) is 11.2 Å². The second kappa shape index (κ2) is 6.80. The molecule has 0 aromatic heterocycles. The van der Waals surface area contributed by atoms with Crippen molar-refractivity contribution in [3.8, 4) is 0 Å².